The molecule has 1 unspecified atom stereocenters. The highest BCUT2D eigenvalue weighted by atomic mass is 31.1. The van der Waals surface area contributed by atoms with Gasteiger partial charge in [-0.15, -0.1) is 0 Å². The van der Waals surface area contributed by atoms with Crippen LogP contribution in [0.4, 0.5) is 4.70 Å². The van der Waals surface area contributed by atoms with Crippen LogP contribution in [0.3, 0.4) is 0 Å². The van der Waals surface area contributed by atoms with E-state index in [1.807, 2.05) is 0 Å². The molecule has 40 valence electrons. The maximum atomic E-state index is 9.21. The molecular weight excluding hydrogens is 112 g/mol. The van der Waals surface area contributed by atoms with Gasteiger partial charge in [0.25, 0.3) is 0 Å². The van der Waals surface area contributed by atoms with Crippen LogP contribution < -0.4 is 5.90 Å². The highest BCUT2D eigenvalue weighted by Gasteiger charge is 1.75. The van der Waals surface area contributed by atoms with Gasteiger partial charge in [-0.3, -0.25) is 9.27 Å². The van der Waals surface area contributed by atoms with Gasteiger partial charge in [-0.25, -0.2) is 10.5 Å². The summed E-state index contributed by atoms with van der Waals surface area (Å²) >= 11 is 0. The van der Waals surface area contributed by atoms with Crippen LogP contribution in [0.25, 0.3) is 0 Å². The number of hydrogen-bond donors (Lipinski definition) is 2. The average molecular weight is 117 g/mol. The van der Waals surface area contributed by atoms with Gasteiger partial charge in [0, 0.05) is 0 Å². The fourth-order valence-corrected chi connectivity index (χ4v) is 0. The van der Waals surface area contributed by atoms with Crippen LogP contribution in [-0.4, -0.2) is 4.89 Å². The monoisotopic (exact) mass is 117 g/mol. The highest BCUT2D eigenvalue weighted by molar-refractivity contribution is 7.32. The molecule has 0 saturated heterocycles. The molecule has 0 rings (SSSR count). The van der Waals surface area contributed by atoms with E-state index in [9.17, 15) is 4.57 Å². The fourth-order valence-electron chi connectivity index (χ4n) is 0. The zero-order valence-electron chi connectivity index (χ0n) is 2.75. The number of hydrogen-bond acceptors (Lipinski definition) is 3. The lowest BCUT2D eigenvalue weighted by Gasteiger charge is -1.78. The van der Waals surface area contributed by atoms with Crippen LogP contribution in [0.2, 0.25) is 0 Å². The van der Waals surface area contributed by atoms with Gasteiger partial charge in [-0.05, 0) is 0 Å². The summed E-state index contributed by atoms with van der Waals surface area (Å²) in [6.07, 6.45) is 0. The number of halogens is 1. The predicted octanol–water partition coefficient (Wildman–Crippen LogP) is -0.589. The molecule has 3 N–H and O–H groups in total. The molecule has 0 heterocycles. The van der Waals surface area contributed by atoms with Crippen LogP contribution in [-0.2, 0) is 9.19 Å². The molecule has 0 radical (unpaired) electrons. The smallest absolute Gasteiger partial charge is 0.325 e. The van der Waals surface area contributed by atoms with Crippen LogP contribution in [0, 0.1) is 0 Å². The van der Waals surface area contributed by atoms with E-state index in [-0.39, 0.29) is 4.70 Å². The third kappa shape index (κ3) is 8.97. The molecular formula is H5FNO3P. The van der Waals surface area contributed by atoms with Gasteiger partial charge in [-0.1, -0.05) is 0 Å². The van der Waals surface area contributed by atoms with Gasteiger partial charge in [0.1, 0.15) is 0 Å². The van der Waals surface area contributed by atoms with E-state index in [1.54, 1.807) is 0 Å². The Hall–Kier alpha value is 0.0400. The summed E-state index contributed by atoms with van der Waals surface area (Å²) in [7, 11) is -2.85. The molecule has 0 aliphatic heterocycles. The molecule has 0 fully saturated rings. The van der Waals surface area contributed by atoms with Crippen molar-refractivity contribution >= 4 is 8.25 Å². The molecule has 0 aromatic heterocycles. The van der Waals surface area contributed by atoms with Crippen LogP contribution in [0.1, 0.15) is 0 Å². The van der Waals surface area contributed by atoms with Crippen LogP contribution >= 0.6 is 8.25 Å². The molecule has 0 amide bonds. The van der Waals surface area contributed by atoms with E-state index in [0.717, 1.165) is 0 Å². The Bertz CT molecular complexity index is 46.1. The molecule has 4 nitrogen and oxygen atoms in total. The average Bonchev–Trinajstić information content (AvgIpc) is 1.38. The van der Waals surface area contributed by atoms with Crippen molar-refractivity contribution < 1.29 is 18.8 Å². The topological polar surface area (TPSA) is 72.5 Å². The third-order valence-electron chi connectivity index (χ3n) is 0.101. The molecule has 0 bridgehead atoms. The second kappa shape index (κ2) is 5.04. The van der Waals surface area contributed by atoms with Crippen molar-refractivity contribution in [3.05, 3.63) is 0 Å². The van der Waals surface area contributed by atoms with E-state index in [2.05, 4.69) is 10.5 Å². The van der Waals surface area contributed by atoms with Crippen LogP contribution in [0.15, 0.2) is 0 Å². The molecule has 0 aliphatic carbocycles. The Balaban J connectivity index is 0. The van der Waals surface area contributed by atoms with E-state index < -0.39 is 8.25 Å². The molecule has 6 heavy (non-hydrogen) atoms. The summed E-state index contributed by atoms with van der Waals surface area (Å²) in [4.78, 5) is 7.56. The molecule has 1 atom stereocenters. The van der Waals surface area contributed by atoms with Crippen molar-refractivity contribution in [2.24, 2.45) is 5.90 Å². The van der Waals surface area contributed by atoms with Gasteiger partial charge >= 0.3 is 8.25 Å². The Morgan fingerprint density at radius 1 is 1.83 bits per heavy atom. The summed E-state index contributed by atoms with van der Waals surface area (Å²) < 4.78 is 12.6. The van der Waals surface area contributed by atoms with Gasteiger partial charge in [0.2, 0.25) is 0 Å². The molecule has 6 heteroatoms. The first-order valence-corrected chi connectivity index (χ1v) is 2.13. The summed E-state index contributed by atoms with van der Waals surface area (Å²) in [5, 5.41) is 0. The molecule has 0 aromatic rings. The summed E-state index contributed by atoms with van der Waals surface area (Å²) in [5.74, 6) is 4.15. The van der Waals surface area contributed by atoms with Crippen LogP contribution in [0.5, 0.6) is 0 Å². The minimum Gasteiger partial charge on any atom is -0.325 e. The first-order chi connectivity index (χ1) is 2.27. The minimum atomic E-state index is -2.85. The van der Waals surface area contributed by atoms with Gasteiger partial charge in [0.15, 0.2) is 0 Å². The van der Waals surface area contributed by atoms with E-state index in [1.165, 1.54) is 0 Å². The van der Waals surface area contributed by atoms with Crippen molar-refractivity contribution in [2.45, 2.75) is 0 Å². The second-order valence-corrected chi connectivity index (χ2v) is 1.15. The third-order valence-corrected chi connectivity index (χ3v) is 0.302. The Kier molecular flexibility index (Phi) is 7.90. The number of nitrogens with two attached hydrogens (primary N) is 1. The second-order valence-electron chi connectivity index (χ2n) is 0.384. The van der Waals surface area contributed by atoms with Gasteiger partial charge in [-0.2, -0.15) is 0 Å². The van der Waals surface area contributed by atoms with Crippen molar-refractivity contribution in [2.75, 3.05) is 0 Å². The Morgan fingerprint density at radius 3 is 2.00 bits per heavy atom. The summed E-state index contributed by atoms with van der Waals surface area (Å²) in [6, 6.07) is 0. The maximum Gasteiger partial charge on any atom is 0.332 e. The number of rotatable bonds is 1. The van der Waals surface area contributed by atoms with E-state index >= 15 is 0 Å². The standard InChI is InChI=1S/FH.H4NO3P/c;1-4-5(2)3/h1H;5H,1H2,(H,2,3). The largest absolute Gasteiger partial charge is 0.332 e. The Labute approximate surface area is 34.2 Å². The molecule has 0 aromatic carbocycles. The summed E-state index contributed by atoms with van der Waals surface area (Å²) in [5.41, 5.74) is 0. The highest BCUT2D eigenvalue weighted by Crippen LogP contribution is 2.07. The van der Waals surface area contributed by atoms with Crippen molar-refractivity contribution in [3.63, 3.8) is 0 Å². The lowest BCUT2D eigenvalue weighted by Crippen LogP contribution is -1.84. The molecule has 0 saturated carbocycles. The first kappa shape index (κ1) is 9.40. The van der Waals surface area contributed by atoms with E-state index in [4.69, 9.17) is 4.89 Å². The zero-order chi connectivity index (χ0) is 4.28. The minimum absolute atomic E-state index is 0. The molecule has 0 spiro atoms. The van der Waals surface area contributed by atoms with E-state index in [0.29, 0.717) is 0 Å². The van der Waals surface area contributed by atoms with Gasteiger partial charge in [0.05, 0.1) is 0 Å². The predicted molar refractivity (Wildman–Crippen MR) is 19.0 cm³/mol. The fraction of sp³-hybridized carbons (Fsp3) is 0. The normalized spacial score (nSPS) is 12.3. The SMILES string of the molecule is F.NO[PH](=O)O. The van der Waals surface area contributed by atoms with Crippen molar-refractivity contribution in [1.82, 2.24) is 0 Å². The maximum absolute atomic E-state index is 9.21. The van der Waals surface area contributed by atoms with Crippen molar-refractivity contribution in [3.8, 4) is 0 Å². The Morgan fingerprint density at radius 2 is 2.00 bits per heavy atom. The first-order valence-electron chi connectivity index (χ1n) is 0.868. The van der Waals surface area contributed by atoms with Gasteiger partial charge < -0.3 is 4.89 Å². The molecule has 0 aliphatic rings. The quantitative estimate of drug-likeness (QED) is 0.355. The lowest BCUT2D eigenvalue weighted by molar-refractivity contribution is 0.292. The zero-order valence-corrected chi connectivity index (χ0v) is 3.75. The van der Waals surface area contributed by atoms with Crippen molar-refractivity contribution in [1.29, 1.82) is 0 Å². The lowest BCUT2D eigenvalue weighted by atomic mass is 13.6. The summed E-state index contributed by atoms with van der Waals surface area (Å²) in [6.45, 7) is 0.